The monoisotopic (exact) mass is 325 g/mol. The van der Waals surface area contributed by atoms with Gasteiger partial charge in [-0.25, -0.2) is 0 Å². The molecule has 0 aliphatic carbocycles. The third kappa shape index (κ3) is 3.09. The molecule has 0 saturated heterocycles. The van der Waals surface area contributed by atoms with Gasteiger partial charge in [0, 0.05) is 27.9 Å². The van der Waals surface area contributed by atoms with Crippen LogP contribution in [0.1, 0.15) is 18.3 Å². The summed E-state index contributed by atoms with van der Waals surface area (Å²) < 4.78 is 0. The van der Waals surface area contributed by atoms with E-state index in [1.807, 2.05) is 56.3 Å². The van der Waals surface area contributed by atoms with Crippen molar-refractivity contribution in [2.45, 2.75) is 13.8 Å². The summed E-state index contributed by atoms with van der Waals surface area (Å²) in [5.41, 5.74) is 7.05. The Kier molecular flexibility index (Phi) is 3.90. The lowest BCUT2D eigenvalue weighted by molar-refractivity contribution is 1.17. The van der Waals surface area contributed by atoms with Crippen molar-refractivity contribution in [3.05, 3.63) is 84.2 Å². The number of nitrogens with one attached hydrogen (secondary N) is 1. The fraction of sp³-hybridized carbons (Fsp3) is 0.0909. The van der Waals surface area contributed by atoms with Crippen LogP contribution < -0.4 is 0 Å². The molecule has 0 bridgehead atoms. The topological polar surface area (TPSA) is 41.0 Å². The zero-order chi connectivity index (χ0) is 17.2. The predicted molar refractivity (Wildman–Crippen MR) is 105 cm³/mol. The highest BCUT2D eigenvalue weighted by Gasteiger charge is 2.08. The second-order valence-corrected chi connectivity index (χ2v) is 6.15. The second-order valence-electron chi connectivity index (χ2n) is 6.15. The number of rotatable bonds is 3. The Balaban J connectivity index is 1.80. The predicted octanol–water partition coefficient (Wildman–Crippen LogP) is 5.68. The maximum Gasteiger partial charge on any atom is 0.0844 e. The van der Waals surface area contributed by atoms with Crippen molar-refractivity contribution < 1.29 is 0 Å². The zero-order valence-electron chi connectivity index (χ0n) is 14.3. The number of fused-ring (bicyclic) bond motifs is 1. The number of H-pyrrole nitrogens is 1. The molecule has 1 N–H and O–H groups in total. The van der Waals surface area contributed by atoms with Gasteiger partial charge in [0.15, 0.2) is 0 Å². The van der Waals surface area contributed by atoms with Gasteiger partial charge < -0.3 is 4.98 Å². The van der Waals surface area contributed by atoms with Crippen LogP contribution in [0.5, 0.6) is 0 Å². The maximum atomic E-state index is 4.85. The average Bonchev–Trinajstić information content (AvgIpc) is 3.06. The average molecular weight is 325 g/mol. The van der Waals surface area contributed by atoms with Gasteiger partial charge in [-0.2, -0.15) is 0 Å². The van der Waals surface area contributed by atoms with E-state index in [9.17, 15) is 0 Å². The summed E-state index contributed by atoms with van der Waals surface area (Å²) in [7, 11) is 0. The highest BCUT2D eigenvalue weighted by Crippen LogP contribution is 2.32. The van der Waals surface area contributed by atoms with Crippen LogP contribution >= 0.6 is 0 Å². The third-order valence-electron chi connectivity index (χ3n) is 4.27. The Morgan fingerprint density at radius 1 is 0.920 bits per heavy atom. The smallest absolute Gasteiger partial charge is 0.0844 e. The first-order valence-electron chi connectivity index (χ1n) is 8.37. The first-order chi connectivity index (χ1) is 12.2. The summed E-state index contributed by atoms with van der Waals surface area (Å²) in [6.07, 6.45) is 0. The van der Waals surface area contributed by atoms with Gasteiger partial charge in [0.1, 0.15) is 0 Å². The summed E-state index contributed by atoms with van der Waals surface area (Å²) in [5, 5.41) is 1.20. The van der Waals surface area contributed by atoms with Crippen LogP contribution in [-0.4, -0.2) is 15.7 Å². The number of aryl methyl sites for hydroxylation is 1. The first kappa shape index (κ1) is 15.3. The summed E-state index contributed by atoms with van der Waals surface area (Å²) in [6.45, 7) is 4.00. The van der Waals surface area contributed by atoms with Crippen LogP contribution in [0.25, 0.3) is 22.2 Å². The highest BCUT2D eigenvalue weighted by molar-refractivity contribution is 6.00. The lowest BCUT2D eigenvalue weighted by atomic mass is 10.1. The Labute approximate surface area is 147 Å². The van der Waals surface area contributed by atoms with Crippen LogP contribution in [0.4, 0.5) is 5.69 Å². The molecule has 0 spiro atoms. The molecule has 0 radical (unpaired) electrons. The van der Waals surface area contributed by atoms with Crippen molar-refractivity contribution in [1.82, 2.24) is 9.97 Å². The number of hydrogen-bond donors (Lipinski definition) is 1. The molecule has 3 heteroatoms. The molecule has 0 unspecified atom stereocenters. The van der Waals surface area contributed by atoms with Crippen molar-refractivity contribution in [2.24, 2.45) is 4.99 Å². The van der Waals surface area contributed by atoms with E-state index in [1.165, 1.54) is 5.39 Å². The minimum atomic E-state index is 0.909. The van der Waals surface area contributed by atoms with Gasteiger partial charge >= 0.3 is 0 Å². The Morgan fingerprint density at radius 2 is 1.72 bits per heavy atom. The minimum absolute atomic E-state index is 0.909. The minimum Gasteiger partial charge on any atom is -0.354 e. The Hall–Kier alpha value is -3.20. The molecule has 4 aromatic rings. The third-order valence-corrected chi connectivity index (χ3v) is 4.27. The van der Waals surface area contributed by atoms with E-state index in [1.54, 1.807) is 0 Å². The number of aliphatic imine (C=N–C) groups is 1. The molecule has 0 atom stereocenters. The number of pyridine rings is 1. The fourth-order valence-corrected chi connectivity index (χ4v) is 3.00. The van der Waals surface area contributed by atoms with E-state index in [4.69, 9.17) is 4.99 Å². The van der Waals surface area contributed by atoms with Crippen molar-refractivity contribution in [2.75, 3.05) is 0 Å². The normalized spacial score (nSPS) is 11.8. The summed E-state index contributed by atoms with van der Waals surface area (Å²) in [5.74, 6) is 0. The molecule has 122 valence electrons. The summed E-state index contributed by atoms with van der Waals surface area (Å²) >= 11 is 0. The van der Waals surface area contributed by atoms with Crippen molar-refractivity contribution in [3.63, 3.8) is 0 Å². The molecular weight excluding hydrogens is 306 g/mol. The van der Waals surface area contributed by atoms with E-state index >= 15 is 0 Å². The lowest BCUT2D eigenvalue weighted by Gasteiger charge is -2.06. The molecule has 0 fully saturated rings. The lowest BCUT2D eigenvalue weighted by Crippen LogP contribution is -1.99. The van der Waals surface area contributed by atoms with Gasteiger partial charge in [0.2, 0.25) is 0 Å². The van der Waals surface area contributed by atoms with E-state index in [2.05, 4.69) is 40.3 Å². The molecular formula is C22H19N3. The highest BCUT2D eigenvalue weighted by atomic mass is 14.8. The first-order valence-corrected chi connectivity index (χ1v) is 8.37. The Morgan fingerprint density at radius 3 is 2.56 bits per heavy atom. The number of para-hydroxylation sites is 2. The molecule has 3 nitrogen and oxygen atoms in total. The number of benzene rings is 2. The van der Waals surface area contributed by atoms with Gasteiger partial charge in [-0.15, -0.1) is 0 Å². The second kappa shape index (κ2) is 6.36. The SMILES string of the molecule is CC(=Nc1ccccc1-c1cc2ccccc2[nH]1)c1cccc(C)n1. The van der Waals surface area contributed by atoms with Gasteiger partial charge in [-0.3, -0.25) is 9.98 Å². The standard InChI is InChI=1S/C22H19N3/c1-15-8-7-13-19(23-15)16(2)24-21-12-6-4-10-18(21)22-14-17-9-3-5-11-20(17)25-22/h3-14,25H,1-2H3. The summed E-state index contributed by atoms with van der Waals surface area (Å²) in [4.78, 5) is 12.9. The maximum absolute atomic E-state index is 4.85. The molecule has 2 aromatic carbocycles. The summed E-state index contributed by atoms with van der Waals surface area (Å²) in [6, 6.07) is 24.7. The Bertz CT molecular complexity index is 1040. The van der Waals surface area contributed by atoms with Gasteiger partial charge in [0.25, 0.3) is 0 Å². The van der Waals surface area contributed by atoms with Crippen molar-refractivity contribution in [3.8, 4) is 11.3 Å². The number of hydrogen-bond acceptors (Lipinski definition) is 2. The van der Waals surface area contributed by atoms with Crippen LogP contribution in [0.3, 0.4) is 0 Å². The van der Waals surface area contributed by atoms with E-state index in [0.717, 1.165) is 39.6 Å². The quantitative estimate of drug-likeness (QED) is 0.484. The van der Waals surface area contributed by atoms with Crippen molar-refractivity contribution in [1.29, 1.82) is 0 Å². The van der Waals surface area contributed by atoms with Gasteiger partial charge in [0.05, 0.1) is 17.1 Å². The molecule has 2 heterocycles. The zero-order valence-corrected chi connectivity index (χ0v) is 14.3. The molecule has 0 saturated carbocycles. The molecule has 0 aliphatic rings. The van der Waals surface area contributed by atoms with Crippen LogP contribution in [0, 0.1) is 6.92 Å². The van der Waals surface area contributed by atoms with Crippen LogP contribution in [-0.2, 0) is 0 Å². The van der Waals surface area contributed by atoms with E-state index < -0.39 is 0 Å². The van der Waals surface area contributed by atoms with Gasteiger partial charge in [-0.1, -0.05) is 42.5 Å². The van der Waals surface area contributed by atoms with Gasteiger partial charge in [-0.05, 0) is 44.2 Å². The number of aromatic nitrogens is 2. The number of aromatic amines is 1. The van der Waals surface area contributed by atoms with Crippen LogP contribution in [0.15, 0.2) is 77.8 Å². The van der Waals surface area contributed by atoms with E-state index in [-0.39, 0.29) is 0 Å². The van der Waals surface area contributed by atoms with Crippen LogP contribution in [0.2, 0.25) is 0 Å². The van der Waals surface area contributed by atoms with E-state index in [0.29, 0.717) is 0 Å². The molecule has 25 heavy (non-hydrogen) atoms. The fourth-order valence-electron chi connectivity index (χ4n) is 3.00. The largest absolute Gasteiger partial charge is 0.354 e. The number of nitrogens with zero attached hydrogens (tertiary/aromatic N) is 2. The molecule has 4 rings (SSSR count). The van der Waals surface area contributed by atoms with Crippen molar-refractivity contribution >= 4 is 22.3 Å². The molecule has 2 aromatic heterocycles. The molecule has 0 aliphatic heterocycles. The molecule has 0 amide bonds.